The maximum atomic E-state index is 12.5. The quantitative estimate of drug-likeness (QED) is 0.835. The third-order valence-electron chi connectivity index (χ3n) is 3.81. The van der Waals surface area contributed by atoms with Crippen LogP contribution in [0, 0.1) is 6.92 Å². The topological polar surface area (TPSA) is 72.1 Å². The Morgan fingerprint density at radius 1 is 1.50 bits per heavy atom. The van der Waals surface area contributed by atoms with Crippen LogP contribution in [0.1, 0.15) is 41.8 Å². The molecule has 1 aliphatic rings. The minimum atomic E-state index is -0.490. The number of amides is 1. The molecule has 6 nitrogen and oxygen atoms in total. The second-order valence-corrected chi connectivity index (χ2v) is 5.22. The Kier molecular flexibility index (Phi) is 3.00. The molecule has 1 amide bonds. The van der Waals surface area contributed by atoms with Crippen LogP contribution in [0.4, 0.5) is 0 Å². The van der Waals surface area contributed by atoms with Gasteiger partial charge in [0.05, 0.1) is 6.20 Å². The number of aromatic nitrogens is 3. The molecular formula is C14H16N4O2. The van der Waals surface area contributed by atoms with Crippen LogP contribution in [-0.4, -0.2) is 32.3 Å². The fraction of sp³-hybridized carbons (Fsp3) is 0.429. The maximum Gasteiger partial charge on any atom is 0.292 e. The Bertz CT molecular complexity index is 626. The van der Waals surface area contributed by atoms with Crippen LogP contribution in [0.25, 0.3) is 0 Å². The third kappa shape index (κ3) is 1.97. The van der Waals surface area contributed by atoms with Gasteiger partial charge in [-0.2, -0.15) is 0 Å². The second kappa shape index (κ2) is 4.70. The summed E-state index contributed by atoms with van der Waals surface area (Å²) in [7, 11) is 0. The van der Waals surface area contributed by atoms with E-state index < -0.39 is 5.54 Å². The highest BCUT2D eigenvalue weighted by Gasteiger charge is 2.44. The van der Waals surface area contributed by atoms with E-state index in [1.165, 1.54) is 12.6 Å². The van der Waals surface area contributed by atoms with E-state index in [2.05, 4.69) is 15.0 Å². The number of carbonyl (C=O) groups is 1. The molecular weight excluding hydrogens is 256 g/mol. The van der Waals surface area contributed by atoms with E-state index in [1.807, 2.05) is 19.9 Å². The van der Waals surface area contributed by atoms with Gasteiger partial charge in [-0.3, -0.25) is 4.79 Å². The largest absolute Gasteiger partial charge is 0.438 e. The normalized spacial score (nSPS) is 22.2. The van der Waals surface area contributed by atoms with Crippen molar-refractivity contribution in [3.8, 4) is 0 Å². The average molecular weight is 272 g/mol. The molecule has 104 valence electrons. The molecule has 2 aromatic heterocycles. The van der Waals surface area contributed by atoms with Crippen LogP contribution < -0.4 is 0 Å². The second-order valence-electron chi connectivity index (χ2n) is 5.22. The van der Waals surface area contributed by atoms with E-state index in [0.29, 0.717) is 12.4 Å². The smallest absolute Gasteiger partial charge is 0.292 e. The van der Waals surface area contributed by atoms with Gasteiger partial charge in [0, 0.05) is 18.4 Å². The number of rotatable bonds is 2. The highest BCUT2D eigenvalue weighted by molar-refractivity contribution is 5.91. The van der Waals surface area contributed by atoms with Crippen molar-refractivity contribution in [3.05, 3.63) is 42.1 Å². The van der Waals surface area contributed by atoms with Crippen molar-refractivity contribution in [2.45, 2.75) is 32.2 Å². The van der Waals surface area contributed by atoms with Gasteiger partial charge in [-0.1, -0.05) is 0 Å². The van der Waals surface area contributed by atoms with Crippen molar-refractivity contribution in [2.75, 3.05) is 6.54 Å². The Morgan fingerprint density at radius 2 is 2.35 bits per heavy atom. The summed E-state index contributed by atoms with van der Waals surface area (Å²) >= 11 is 0. The van der Waals surface area contributed by atoms with Crippen molar-refractivity contribution >= 4 is 5.91 Å². The summed E-state index contributed by atoms with van der Waals surface area (Å²) in [6.45, 7) is 4.60. The zero-order valence-corrected chi connectivity index (χ0v) is 11.5. The minimum Gasteiger partial charge on any atom is -0.438 e. The Hall–Kier alpha value is -2.24. The van der Waals surface area contributed by atoms with Crippen molar-refractivity contribution in [2.24, 2.45) is 0 Å². The molecule has 2 aromatic rings. The Morgan fingerprint density at radius 3 is 3.05 bits per heavy atom. The number of oxazole rings is 1. The van der Waals surface area contributed by atoms with Gasteiger partial charge in [-0.25, -0.2) is 15.0 Å². The highest BCUT2D eigenvalue weighted by Crippen LogP contribution is 2.37. The summed E-state index contributed by atoms with van der Waals surface area (Å²) in [6, 6.07) is 1.85. The number of nitrogens with zero attached hydrogens (tertiary/aromatic N) is 4. The molecule has 3 heterocycles. The fourth-order valence-corrected chi connectivity index (χ4v) is 2.68. The van der Waals surface area contributed by atoms with Crippen molar-refractivity contribution in [1.82, 2.24) is 19.9 Å². The van der Waals surface area contributed by atoms with Crippen molar-refractivity contribution in [1.29, 1.82) is 0 Å². The maximum absolute atomic E-state index is 12.5. The molecule has 0 spiro atoms. The molecule has 0 bridgehead atoms. The number of hydrogen-bond acceptors (Lipinski definition) is 5. The van der Waals surface area contributed by atoms with Crippen molar-refractivity contribution < 1.29 is 9.21 Å². The standard InChI is InChI=1S/C14H16N4O2/c1-10-4-6-16-13(17-10)14(2)5-3-7-18(14)12(19)11-8-15-9-20-11/h4,6,8-9H,3,5,7H2,1-2H3. The molecule has 1 fully saturated rings. The molecule has 3 rings (SSSR count). The summed E-state index contributed by atoms with van der Waals surface area (Å²) < 4.78 is 5.12. The highest BCUT2D eigenvalue weighted by atomic mass is 16.3. The van der Waals surface area contributed by atoms with Crippen LogP contribution in [0.15, 0.2) is 29.3 Å². The molecule has 1 saturated heterocycles. The molecule has 1 unspecified atom stereocenters. The minimum absolute atomic E-state index is 0.160. The Balaban J connectivity index is 1.97. The van der Waals surface area contributed by atoms with Gasteiger partial charge >= 0.3 is 0 Å². The lowest BCUT2D eigenvalue weighted by molar-refractivity contribution is 0.0571. The number of aryl methyl sites for hydroxylation is 1. The number of likely N-dealkylation sites (tertiary alicyclic amines) is 1. The summed E-state index contributed by atoms with van der Waals surface area (Å²) in [5.41, 5.74) is 0.408. The van der Waals surface area contributed by atoms with Crippen LogP contribution in [0.3, 0.4) is 0 Å². The molecule has 0 aromatic carbocycles. The predicted octanol–water partition coefficient (Wildman–Crippen LogP) is 1.92. The first kappa shape index (κ1) is 12.8. The summed E-state index contributed by atoms with van der Waals surface area (Å²) in [5, 5.41) is 0. The zero-order valence-electron chi connectivity index (χ0n) is 11.5. The monoisotopic (exact) mass is 272 g/mol. The summed E-state index contributed by atoms with van der Waals surface area (Å²) in [5.74, 6) is 0.779. The molecule has 0 aliphatic carbocycles. The van der Waals surface area contributed by atoms with E-state index in [1.54, 1.807) is 11.1 Å². The lowest BCUT2D eigenvalue weighted by atomic mass is 9.97. The first-order valence-corrected chi connectivity index (χ1v) is 6.62. The van der Waals surface area contributed by atoms with Crippen molar-refractivity contribution in [3.63, 3.8) is 0 Å². The van der Waals surface area contributed by atoms with E-state index in [9.17, 15) is 4.79 Å². The van der Waals surface area contributed by atoms with E-state index in [-0.39, 0.29) is 11.7 Å². The number of carbonyl (C=O) groups excluding carboxylic acids is 1. The van der Waals surface area contributed by atoms with Gasteiger partial charge in [0.1, 0.15) is 5.54 Å². The molecule has 0 N–H and O–H groups in total. The average Bonchev–Trinajstić information content (AvgIpc) is 3.08. The molecule has 1 atom stereocenters. The SMILES string of the molecule is Cc1ccnc(C2(C)CCCN2C(=O)c2cnco2)n1. The van der Waals surface area contributed by atoms with Crippen LogP contribution in [0.2, 0.25) is 0 Å². The van der Waals surface area contributed by atoms with Gasteiger partial charge in [0.25, 0.3) is 5.91 Å². The van der Waals surface area contributed by atoms with Crippen LogP contribution in [0.5, 0.6) is 0 Å². The van der Waals surface area contributed by atoms with E-state index in [0.717, 1.165) is 18.5 Å². The predicted molar refractivity (Wildman–Crippen MR) is 70.9 cm³/mol. The van der Waals surface area contributed by atoms with Crippen LogP contribution >= 0.6 is 0 Å². The van der Waals surface area contributed by atoms with E-state index >= 15 is 0 Å². The van der Waals surface area contributed by atoms with Gasteiger partial charge in [-0.15, -0.1) is 0 Å². The molecule has 0 saturated carbocycles. The zero-order chi connectivity index (χ0) is 14.2. The Labute approximate surface area is 116 Å². The molecule has 1 aliphatic heterocycles. The number of hydrogen-bond donors (Lipinski definition) is 0. The third-order valence-corrected chi connectivity index (χ3v) is 3.81. The lowest BCUT2D eigenvalue weighted by Gasteiger charge is -2.33. The van der Waals surface area contributed by atoms with Gasteiger partial charge in [-0.05, 0) is 32.8 Å². The van der Waals surface area contributed by atoms with E-state index in [4.69, 9.17) is 4.42 Å². The first-order valence-electron chi connectivity index (χ1n) is 6.62. The lowest BCUT2D eigenvalue weighted by Crippen LogP contribution is -2.44. The van der Waals surface area contributed by atoms with Gasteiger partial charge < -0.3 is 9.32 Å². The summed E-state index contributed by atoms with van der Waals surface area (Å²) in [6.07, 6.45) is 6.21. The fourth-order valence-electron chi connectivity index (χ4n) is 2.68. The molecule has 0 radical (unpaired) electrons. The van der Waals surface area contributed by atoms with Crippen LogP contribution in [-0.2, 0) is 5.54 Å². The first-order chi connectivity index (χ1) is 9.61. The molecule has 6 heteroatoms. The molecule has 20 heavy (non-hydrogen) atoms. The van der Waals surface area contributed by atoms with Gasteiger partial charge in [0.15, 0.2) is 12.2 Å². The summed E-state index contributed by atoms with van der Waals surface area (Å²) in [4.78, 5) is 26.9. The van der Waals surface area contributed by atoms with Gasteiger partial charge in [0.2, 0.25) is 5.76 Å².